The summed E-state index contributed by atoms with van der Waals surface area (Å²) < 4.78 is 6.82. The lowest BCUT2D eigenvalue weighted by molar-refractivity contribution is -0.156. The van der Waals surface area contributed by atoms with Gasteiger partial charge in [-0.2, -0.15) is 0 Å². The van der Waals surface area contributed by atoms with Crippen LogP contribution in [0.15, 0.2) is 55.6 Å². The van der Waals surface area contributed by atoms with E-state index in [9.17, 15) is 14.7 Å². The summed E-state index contributed by atoms with van der Waals surface area (Å²) in [6.07, 6.45) is 3.95. The third-order valence-corrected chi connectivity index (χ3v) is 10.6. The monoisotopic (exact) mass is 685 g/mol. The third-order valence-electron chi connectivity index (χ3n) is 9.71. The minimum absolute atomic E-state index is 0.0745. The van der Waals surface area contributed by atoms with Gasteiger partial charge in [-0.15, -0.1) is 13.2 Å². The molecule has 0 aliphatic carbocycles. The number of fused-ring (bicyclic) bond motifs is 1. The second-order valence-corrected chi connectivity index (χ2v) is 16.4. The standard InChI is InChI=1S/C36H52BrN3O5/c1-10-17-38(20-24-15-13-12-14-16-24)31(42)27-28-32(43)40(26(21-41)23(3)4)30(36(28)19-25(37)29(27)45-36)33(44)39(18-11-2)35(8,9)22-34(5,6)7/h10-16,23,25-30,41H,1-2,17-22H2,3-9H3/t25?,26-,27+,28-,29+,30?,36?/m0/s1. The van der Waals surface area contributed by atoms with Crippen molar-refractivity contribution in [1.29, 1.82) is 0 Å². The van der Waals surface area contributed by atoms with Gasteiger partial charge >= 0.3 is 0 Å². The number of carbonyl (C=O) groups excluding carboxylic acids is 3. The quantitative estimate of drug-likeness (QED) is 0.228. The van der Waals surface area contributed by atoms with E-state index in [0.717, 1.165) is 5.56 Å². The van der Waals surface area contributed by atoms with Crippen LogP contribution in [0.4, 0.5) is 0 Å². The average molecular weight is 687 g/mol. The maximum Gasteiger partial charge on any atom is 0.249 e. The second-order valence-electron chi connectivity index (χ2n) is 15.2. The molecule has 1 aromatic rings. The summed E-state index contributed by atoms with van der Waals surface area (Å²) in [4.78, 5) is 49.2. The summed E-state index contributed by atoms with van der Waals surface area (Å²) in [6.45, 7) is 22.9. The molecule has 3 amide bonds. The van der Waals surface area contributed by atoms with Crippen LogP contribution in [0.5, 0.6) is 0 Å². The molecule has 1 spiro atoms. The normalized spacial score (nSPS) is 28.3. The minimum atomic E-state index is -1.22. The summed E-state index contributed by atoms with van der Waals surface area (Å²) in [5, 5.41) is 10.6. The van der Waals surface area contributed by atoms with E-state index in [0.29, 0.717) is 32.5 Å². The highest BCUT2D eigenvalue weighted by Crippen LogP contribution is 2.61. The van der Waals surface area contributed by atoms with E-state index in [1.165, 1.54) is 0 Å². The van der Waals surface area contributed by atoms with Crippen LogP contribution in [0.2, 0.25) is 0 Å². The number of carbonyl (C=O) groups is 3. The maximum atomic E-state index is 15.1. The van der Waals surface area contributed by atoms with Gasteiger partial charge in [0.15, 0.2) is 0 Å². The Morgan fingerprint density at radius 1 is 1.11 bits per heavy atom. The van der Waals surface area contributed by atoms with Crippen molar-refractivity contribution in [3.8, 4) is 0 Å². The number of halogens is 1. The lowest BCUT2D eigenvalue weighted by Gasteiger charge is -2.47. The molecule has 248 valence electrons. The van der Waals surface area contributed by atoms with E-state index < -0.39 is 41.2 Å². The molecule has 3 heterocycles. The second kappa shape index (κ2) is 13.3. The summed E-state index contributed by atoms with van der Waals surface area (Å²) >= 11 is 3.80. The predicted octanol–water partition coefficient (Wildman–Crippen LogP) is 5.20. The van der Waals surface area contributed by atoms with Crippen LogP contribution in [-0.4, -0.2) is 91.4 Å². The topological polar surface area (TPSA) is 90.4 Å². The fraction of sp³-hybridized carbons (Fsp3) is 0.639. The Hall–Kier alpha value is -2.49. The number of hydrogen-bond acceptors (Lipinski definition) is 5. The van der Waals surface area contributed by atoms with Crippen molar-refractivity contribution in [3.05, 3.63) is 61.2 Å². The number of alkyl halides is 1. The number of amides is 3. The zero-order valence-corrected chi connectivity index (χ0v) is 29.6. The number of benzene rings is 1. The molecule has 3 saturated heterocycles. The molecule has 9 heteroatoms. The van der Waals surface area contributed by atoms with Crippen molar-refractivity contribution in [3.63, 3.8) is 0 Å². The van der Waals surface area contributed by atoms with Gasteiger partial charge in [0.1, 0.15) is 11.6 Å². The molecule has 4 rings (SSSR count). The van der Waals surface area contributed by atoms with Crippen LogP contribution >= 0.6 is 15.9 Å². The van der Waals surface area contributed by atoms with Gasteiger partial charge in [0, 0.05) is 30.0 Å². The van der Waals surface area contributed by atoms with Crippen molar-refractivity contribution in [2.75, 3.05) is 19.7 Å². The Balaban J connectivity index is 1.83. The van der Waals surface area contributed by atoms with Crippen molar-refractivity contribution < 1.29 is 24.2 Å². The fourth-order valence-corrected chi connectivity index (χ4v) is 9.26. The molecule has 3 aliphatic rings. The van der Waals surface area contributed by atoms with Gasteiger partial charge in [-0.1, -0.05) is 93.0 Å². The molecule has 0 radical (unpaired) electrons. The molecule has 45 heavy (non-hydrogen) atoms. The zero-order valence-electron chi connectivity index (χ0n) is 28.0. The molecule has 1 N–H and O–H groups in total. The van der Waals surface area contributed by atoms with Gasteiger partial charge in [-0.05, 0) is 43.6 Å². The molecule has 3 aliphatic heterocycles. The smallest absolute Gasteiger partial charge is 0.249 e. The first-order valence-corrected chi connectivity index (χ1v) is 17.1. The number of aliphatic hydroxyl groups is 1. The van der Waals surface area contributed by atoms with Gasteiger partial charge in [0.2, 0.25) is 17.7 Å². The molecular weight excluding hydrogens is 634 g/mol. The maximum absolute atomic E-state index is 15.1. The van der Waals surface area contributed by atoms with E-state index in [2.05, 4.69) is 49.9 Å². The summed E-state index contributed by atoms with van der Waals surface area (Å²) in [5.74, 6) is -2.51. The highest BCUT2D eigenvalue weighted by atomic mass is 79.9. The van der Waals surface area contributed by atoms with E-state index in [1.807, 2.05) is 62.9 Å². The third kappa shape index (κ3) is 6.54. The summed E-state index contributed by atoms with van der Waals surface area (Å²) in [6, 6.07) is 8.11. The molecule has 0 saturated carbocycles. The number of hydrogen-bond donors (Lipinski definition) is 1. The Kier molecular flexibility index (Phi) is 10.5. The number of ether oxygens (including phenoxy) is 1. The highest BCUT2D eigenvalue weighted by molar-refractivity contribution is 9.09. The Labute approximate surface area is 278 Å². The van der Waals surface area contributed by atoms with Crippen molar-refractivity contribution in [2.45, 2.75) is 102 Å². The number of likely N-dealkylation sites (tertiary alicyclic amines) is 1. The number of aliphatic hydroxyl groups excluding tert-OH is 1. The van der Waals surface area contributed by atoms with Crippen LogP contribution in [0.1, 0.15) is 66.9 Å². The SMILES string of the molecule is C=CCN(Cc1ccccc1)C(=O)[C@H]1[C@@H]2OC3(CC2Br)C(C(=O)N(CC=C)C(C)(C)CC(C)(C)C)N([C@@H](CO)C(C)C)C(=O)[C@H]13. The van der Waals surface area contributed by atoms with Crippen LogP contribution in [0.25, 0.3) is 0 Å². The van der Waals surface area contributed by atoms with Crippen LogP contribution in [-0.2, 0) is 25.7 Å². The van der Waals surface area contributed by atoms with Gasteiger partial charge in [0.25, 0.3) is 0 Å². The van der Waals surface area contributed by atoms with E-state index in [4.69, 9.17) is 4.74 Å². The first-order chi connectivity index (χ1) is 21.0. The Morgan fingerprint density at radius 3 is 2.27 bits per heavy atom. The Morgan fingerprint density at radius 2 is 1.73 bits per heavy atom. The van der Waals surface area contributed by atoms with Gasteiger partial charge in [-0.3, -0.25) is 14.4 Å². The number of rotatable bonds is 13. The first-order valence-electron chi connectivity index (χ1n) is 16.2. The van der Waals surface area contributed by atoms with Crippen molar-refractivity contribution >= 4 is 33.7 Å². The van der Waals surface area contributed by atoms with Crippen LogP contribution in [0.3, 0.4) is 0 Å². The van der Waals surface area contributed by atoms with Gasteiger partial charge < -0.3 is 24.5 Å². The predicted molar refractivity (Wildman–Crippen MR) is 180 cm³/mol. The molecule has 8 nitrogen and oxygen atoms in total. The zero-order chi connectivity index (χ0) is 33.5. The van der Waals surface area contributed by atoms with E-state index in [-0.39, 0.29) is 40.5 Å². The average Bonchev–Trinajstić information content (AvgIpc) is 3.54. The van der Waals surface area contributed by atoms with Crippen molar-refractivity contribution in [2.24, 2.45) is 23.2 Å². The molecule has 3 fully saturated rings. The van der Waals surface area contributed by atoms with Crippen LogP contribution < -0.4 is 0 Å². The first kappa shape index (κ1) is 35.4. The largest absolute Gasteiger partial charge is 0.394 e. The van der Waals surface area contributed by atoms with Crippen LogP contribution in [0, 0.1) is 23.2 Å². The summed E-state index contributed by atoms with van der Waals surface area (Å²) in [5.41, 5.74) is -0.903. The van der Waals surface area contributed by atoms with Gasteiger partial charge in [0.05, 0.1) is 30.6 Å². The molecule has 2 bridgehead atoms. The lowest BCUT2D eigenvalue weighted by atomic mass is 9.70. The molecule has 0 aromatic heterocycles. The highest BCUT2D eigenvalue weighted by Gasteiger charge is 2.77. The Bertz CT molecular complexity index is 1280. The fourth-order valence-electron chi connectivity index (χ4n) is 8.31. The molecule has 3 unspecified atom stereocenters. The van der Waals surface area contributed by atoms with Gasteiger partial charge in [-0.25, -0.2) is 0 Å². The minimum Gasteiger partial charge on any atom is -0.394 e. The molecule has 1 aromatic carbocycles. The number of nitrogens with zero attached hydrogens (tertiary/aromatic N) is 3. The summed E-state index contributed by atoms with van der Waals surface area (Å²) in [7, 11) is 0. The van der Waals surface area contributed by atoms with E-state index >= 15 is 4.79 Å². The van der Waals surface area contributed by atoms with E-state index in [1.54, 1.807) is 22.0 Å². The van der Waals surface area contributed by atoms with Crippen molar-refractivity contribution in [1.82, 2.24) is 14.7 Å². The lowest BCUT2D eigenvalue weighted by Crippen LogP contribution is -2.63. The molecular formula is C36H52BrN3O5. The molecule has 7 atom stereocenters.